The molecule has 1 heterocycles. The Balaban J connectivity index is 2.14. The van der Waals surface area contributed by atoms with E-state index in [0.29, 0.717) is 10.7 Å². The molecule has 0 saturated heterocycles. The molecule has 0 unspecified atom stereocenters. The Labute approximate surface area is 139 Å². The van der Waals surface area contributed by atoms with Crippen LogP contribution >= 0.6 is 11.6 Å². The van der Waals surface area contributed by atoms with Crippen LogP contribution < -0.4 is 11.1 Å². The van der Waals surface area contributed by atoms with Crippen LogP contribution in [0.1, 0.15) is 27.0 Å². The summed E-state index contributed by atoms with van der Waals surface area (Å²) >= 11 is 5.73. The molecule has 5 nitrogen and oxygen atoms in total. The van der Waals surface area contributed by atoms with Gasteiger partial charge in [-0.2, -0.15) is 0 Å². The standard InChI is InChI=1S/C17H18ClN3O2/c1-10-5-11(2)7-13(6-10)17(23)21-14(16(19)22)8-12-3-4-15(18)20-9-12/h3-7,9,14H,8H2,1-2H3,(H2,19,22)(H,21,23)/t14-/m0/s1. The molecule has 0 aliphatic carbocycles. The van der Waals surface area contributed by atoms with E-state index in [0.717, 1.165) is 16.7 Å². The van der Waals surface area contributed by atoms with Crippen LogP contribution in [-0.4, -0.2) is 22.8 Å². The van der Waals surface area contributed by atoms with Gasteiger partial charge in [-0.3, -0.25) is 9.59 Å². The van der Waals surface area contributed by atoms with E-state index in [1.165, 1.54) is 0 Å². The predicted octanol–water partition coefficient (Wildman–Crippen LogP) is 2.18. The molecular weight excluding hydrogens is 314 g/mol. The number of primary amides is 1. The number of aromatic nitrogens is 1. The van der Waals surface area contributed by atoms with Crippen molar-refractivity contribution >= 4 is 23.4 Å². The van der Waals surface area contributed by atoms with E-state index < -0.39 is 11.9 Å². The molecule has 0 saturated carbocycles. The average Bonchev–Trinajstić information content (AvgIpc) is 2.47. The molecular formula is C17H18ClN3O2. The van der Waals surface area contributed by atoms with Gasteiger partial charge in [0.2, 0.25) is 5.91 Å². The second kappa shape index (κ2) is 7.24. The lowest BCUT2D eigenvalue weighted by Gasteiger charge is -2.16. The van der Waals surface area contributed by atoms with Crippen molar-refractivity contribution in [3.05, 3.63) is 63.9 Å². The number of hydrogen-bond donors (Lipinski definition) is 2. The molecule has 23 heavy (non-hydrogen) atoms. The van der Waals surface area contributed by atoms with Crippen molar-refractivity contribution in [3.63, 3.8) is 0 Å². The number of pyridine rings is 1. The number of nitrogens with two attached hydrogens (primary N) is 1. The summed E-state index contributed by atoms with van der Waals surface area (Å²) in [6, 6.07) is 8.07. The first kappa shape index (κ1) is 17.0. The van der Waals surface area contributed by atoms with Crippen molar-refractivity contribution in [2.45, 2.75) is 26.3 Å². The summed E-state index contributed by atoms with van der Waals surface area (Å²) in [5.74, 6) is -0.930. The third-order valence-electron chi connectivity index (χ3n) is 3.36. The highest BCUT2D eigenvalue weighted by Gasteiger charge is 2.20. The highest BCUT2D eigenvalue weighted by Crippen LogP contribution is 2.11. The highest BCUT2D eigenvalue weighted by atomic mass is 35.5. The topological polar surface area (TPSA) is 85.1 Å². The minimum atomic E-state index is -0.814. The van der Waals surface area contributed by atoms with E-state index in [-0.39, 0.29) is 12.3 Å². The maximum Gasteiger partial charge on any atom is 0.251 e. The van der Waals surface area contributed by atoms with Gasteiger partial charge in [0.05, 0.1) is 0 Å². The molecule has 0 radical (unpaired) electrons. The van der Waals surface area contributed by atoms with Crippen molar-refractivity contribution in [1.82, 2.24) is 10.3 Å². The maximum absolute atomic E-state index is 12.4. The fourth-order valence-electron chi connectivity index (χ4n) is 2.33. The molecule has 1 aromatic carbocycles. The zero-order chi connectivity index (χ0) is 17.0. The molecule has 120 valence electrons. The Morgan fingerprint density at radius 1 is 1.22 bits per heavy atom. The van der Waals surface area contributed by atoms with Crippen LogP contribution in [0.4, 0.5) is 0 Å². The van der Waals surface area contributed by atoms with Crippen molar-refractivity contribution in [3.8, 4) is 0 Å². The van der Waals surface area contributed by atoms with Crippen LogP contribution in [0.2, 0.25) is 5.15 Å². The van der Waals surface area contributed by atoms with Gasteiger partial charge < -0.3 is 11.1 Å². The van der Waals surface area contributed by atoms with Crippen LogP contribution in [0.25, 0.3) is 0 Å². The summed E-state index contributed by atoms with van der Waals surface area (Å²) in [7, 11) is 0. The summed E-state index contributed by atoms with van der Waals surface area (Å²) < 4.78 is 0. The quantitative estimate of drug-likeness (QED) is 0.823. The zero-order valence-corrected chi connectivity index (χ0v) is 13.7. The van der Waals surface area contributed by atoms with Gasteiger partial charge in [-0.1, -0.05) is 34.9 Å². The van der Waals surface area contributed by atoms with Gasteiger partial charge in [0.15, 0.2) is 0 Å². The predicted molar refractivity (Wildman–Crippen MR) is 89.3 cm³/mol. The molecule has 2 amide bonds. The summed E-state index contributed by atoms with van der Waals surface area (Å²) in [5, 5.41) is 3.04. The second-order valence-corrected chi connectivity index (χ2v) is 5.89. The van der Waals surface area contributed by atoms with Gasteiger partial charge in [0.1, 0.15) is 11.2 Å². The van der Waals surface area contributed by atoms with Crippen LogP contribution in [-0.2, 0) is 11.2 Å². The summed E-state index contributed by atoms with van der Waals surface area (Å²) in [6.45, 7) is 3.82. The highest BCUT2D eigenvalue weighted by molar-refractivity contribution is 6.29. The largest absolute Gasteiger partial charge is 0.368 e. The normalized spacial score (nSPS) is 11.8. The molecule has 6 heteroatoms. The van der Waals surface area contributed by atoms with E-state index in [4.69, 9.17) is 17.3 Å². The maximum atomic E-state index is 12.4. The molecule has 0 bridgehead atoms. The number of carbonyl (C=O) groups excluding carboxylic acids is 2. The molecule has 3 N–H and O–H groups in total. The fourth-order valence-corrected chi connectivity index (χ4v) is 2.44. The Morgan fingerprint density at radius 3 is 2.39 bits per heavy atom. The van der Waals surface area contributed by atoms with Gasteiger partial charge in [0, 0.05) is 18.2 Å². The first-order valence-electron chi connectivity index (χ1n) is 7.14. The number of carbonyl (C=O) groups is 2. The number of amides is 2. The lowest BCUT2D eigenvalue weighted by Crippen LogP contribution is -2.45. The first-order valence-corrected chi connectivity index (χ1v) is 7.52. The van der Waals surface area contributed by atoms with Gasteiger partial charge in [-0.25, -0.2) is 4.98 Å². The lowest BCUT2D eigenvalue weighted by atomic mass is 10.0. The summed E-state index contributed by atoms with van der Waals surface area (Å²) in [6.07, 6.45) is 1.82. The number of hydrogen-bond acceptors (Lipinski definition) is 3. The van der Waals surface area contributed by atoms with E-state index in [9.17, 15) is 9.59 Å². The van der Waals surface area contributed by atoms with E-state index in [1.807, 2.05) is 19.9 Å². The minimum Gasteiger partial charge on any atom is -0.368 e. The number of rotatable bonds is 5. The van der Waals surface area contributed by atoms with Crippen molar-refractivity contribution in [1.29, 1.82) is 0 Å². The van der Waals surface area contributed by atoms with Gasteiger partial charge in [0.25, 0.3) is 5.91 Å². The smallest absolute Gasteiger partial charge is 0.251 e. The monoisotopic (exact) mass is 331 g/mol. The van der Waals surface area contributed by atoms with Crippen LogP contribution in [0.15, 0.2) is 36.5 Å². The number of aryl methyl sites for hydroxylation is 2. The molecule has 0 aliphatic rings. The Hall–Kier alpha value is -2.40. The molecule has 2 aromatic rings. The Morgan fingerprint density at radius 2 is 1.87 bits per heavy atom. The summed E-state index contributed by atoms with van der Waals surface area (Å²) in [5.41, 5.74) is 8.62. The van der Waals surface area contributed by atoms with Gasteiger partial charge in [-0.05, 0) is 37.6 Å². The molecule has 0 aliphatic heterocycles. The van der Waals surface area contributed by atoms with Gasteiger partial charge in [-0.15, -0.1) is 0 Å². The number of nitrogens with zero attached hydrogens (tertiary/aromatic N) is 1. The minimum absolute atomic E-state index is 0.260. The van der Waals surface area contributed by atoms with Crippen molar-refractivity contribution in [2.24, 2.45) is 5.73 Å². The molecule has 1 aromatic heterocycles. The van der Waals surface area contributed by atoms with Crippen LogP contribution in [0.5, 0.6) is 0 Å². The summed E-state index contributed by atoms with van der Waals surface area (Å²) in [4.78, 5) is 27.9. The van der Waals surface area contributed by atoms with Crippen LogP contribution in [0.3, 0.4) is 0 Å². The molecule has 0 fully saturated rings. The lowest BCUT2D eigenvalue weighted by molar-refractivity contribution is -0.119. The van der Waals surface area contributed by atoms with E-state index in [1.54, 1.807) is 30.5 Å². The third-order valence-corrected chi connectivity index (χ3v) is 3.58. The number of nitrogens with one attached hydrogen (secondary N) is 1. The number of benzene rings is 1. The molecule has 1 atom stereocenters. The van der Waals surface area contributed by atoms with Crippen LogP contribution in [0, 0.1) is 13.8 Å². The second-order valence-electron chi connectivity index (χ2n) is 5.50. The number of halogens is 1. The fraction of sp³-hybridized carbons (Fsp3) is 0.235. The van der Waals surface area contributed by atoms with E-state index >= 15 is 0 Å². The van der Waals surface area contributed by atoms with Gasteiger partial charge >= 0.3 is 0 Å². The van der Waals surface area contributed by atoms with E-state index in [2.05, 4.69) is 10.3 Å². The zero-order valence-electron chi connectivity index (χ0n) is 13.0. The first-order chi connectivity index (χ1) is 10.8. The van der Waals surface area contributed by atoms with Crippen molar-refractivity contribution < 1.29 is 9.59 Å². The molecule has 0 spiro atoms. The molecule has 2 rings (SSSR count). The SMILES string of the molecule is Cc1cc(C)cc(C(=O)N[C@@H](Cc2ccc(Cl)nc2)C(N)=O)c1. The third kappa shape index (κ3) is 4.79. The Bertz CT molecular complexity index is 709. The average molecular weight is 332 g/mol. The Kier molecular flexibility index (Phi) is 5.34. The van der Waals surface area contributed by atoms with Crippen molar-refractivity contribution in [2.75, 3.05) is 0 Å².